The van der Waals surface area contributed by atoms with Crippen molar-refractivity contribution in [2.24, 2.45) is 4.99 Å². The zero-order valence-electron chi connectivity index (χ0n) is 14.6. The first kappa shape index (κ1) is 18.1. The predicted molar refractivity (Wildman–Crippen MR) is 107 cm³/mol. The summed E-state index contributed by atoms with van der Waals surface area (Å²) in [5.74, 6) is -0.388. The molecule has 0 bridgehead atoms. The smallest absolute Gasteiger partial charge is 0.122 e. The van der Waals surface area contributed by atoms with E-state index in [1.165, 1.54) is 11.3 Å². The number of aromatic nitrogens is 1. The molecule has 26 heavy (non-hydrogen) atoms. The molecule has 0 saturated carbocycles. The highest BCUT2D eigenvalue weighted by molar-refractivity contribution is 7.71. The summed E-state index contributed by atoms with van der Waals surface area (Å²) in [6.45, 7) is 5.69. The molecule has 3 rings (SSSR count). The molecule has 0 atom stereocenters. The molecule has 1 N–H and O–H groups in total. The normalized spacial score (nSPS) is 11.4. The molecule has 2 heterocycles. The van der Waals surface area contributed by atoms with Crippen molar-refractivity contribution in [1.82, 2.24) is 4.98 Å². The van der Waals surface area contributed by atoms with Crippen LogP contribution < -0.4 is 5.11 Å². The minimum absolute atomic E-state index is 0.298. The summed E-state index contributed by atoms with van der Waals surface area (Å²) in [6.07, 6.45) is 0. The van der Waals surface area contributed by atoms with Gasteiger partial charge in [0.1, 0.15) is 10.7 Å². The first-order chi connectivity index (χ1) is 12.4. The van der Waals surface area contributed by atoms with Crippen molar-refractivity contribution >= 4 is 35.1 Å². The van der Waals surface area contributed by atoms with Gasteiger partial charge in [0, 0.05) is 21.7 Å². The number of thiophene rings is 1. The van der Waals surface area contributed by atoms with E-state index in [-0.39, 0.29) is 5.90 Å². The number of rotatable bonds is 3. The van der Waals surface area contributed by atoms with Crippen molar-refractivity contribution in [2.75, 3.05) is 0 Å². The number of nitriles is 1. The fraction of sp³-hybridized carbons (Fsp3) is 0.150. The highest BCUT2D eigenvalue weighted by Crippen LogP contribution is 2.33. The molecule has 0 unspecified atom stereocenters. The number of aliphatic imine (C=N–C) groups is 1. The molecule has 0 aliphatic rings. The fourth-order valence-corrected chi connectivity index (χ4v) is 3.94. The van der Waals surface area contributed by atoms with Crippen LogP contribution in [0.4, 0.5) is 5.69 Å². The monoisotopic (exact) mass is 378 g/mol. The average Bonchev–Trinajstić information content (AvgIpc) is 3.11. The van der Waals surface area contributed by atoms with E-state index in [2.05, 4.69) is 16.0 Å². The van der Waals surface area contributed by atoms with Gasteiger partial charge in [0.2, 0.25) is 0 Å². The maximum Gasteiger partial charge on any atom is 0.122 e. The Balaban J connectivity index is 2.29. The summed E-state index contributed by atoms with van der Waals surface area (Å²) in [6, 6.07) is 11.6. The molecule has 0 radical (unpaired) electrons. The maximum atomic E-state index is 13.0. The Labute approximate surface area is 161 Å². The van der Waals surface area contributed by atoms with Crippen molar-refractivity contribution in [3.05, 3.63) is 68.3 Å². The van der Waals surface area contributed by atoms with E-state index in [1.54, 1.807) is 6.92 Å². The second-order valence-electron chi connectivity index (χ2n) is 6.00. The van der Waals surface area contributed by atoms with Gasteiger partial charge in [0.25, 0.3) is 0 Å². The van der Waals surface area contributed by atoms with Gasteiger partial charge in [-0.3, -0.25) is 4.99 Å². The minimum Gasteiger partial charge on any atom is -0.858 e. The lowest BCUT2D eigenvalue weighted by Gasteiger charge is -2.19. The topological polar surface area (TPSA) is 75.0 Å². The highest BCUT2D eigenvalue weighted by atomic mass is 32.1. The Morgan fingerprint density at radius 1 is 1.27 bits per heavy atom. The Kier molecular flexibility index (Phi) is 5.03. The molecule has 0 amide bonds. The second-order valence-corrected chi connectivity index (χ2v) is 7.36. The van der Waals surface area contributed by atoms with Gasteiger partial charge in [-0.2, -0.15) is 5.26 Å². The Morgan fingerprint density at radius 2 is 2.04 bits per heavy atom. The van der Waals surface area contributed by atoms with Gasteiger partial charge in [-0.05, 0) is 49.7 Å². The van der Waals surface area contributed by atoms with E-state index in [0.29, 0.717) is 32.7 Å². The summed E-state index contributed by atoms with van der Waals surface area (Å²) >= 11 is 6.76. The van der Waals surface area contributed by atoms with Crippen LogP contribution in [0, 0.1) is 36.7 Å². The average molecular weight is 379 g/mol. The number of aryl methyl sites for hydroxylation is 3. The Hall–Kier alpha value is -2.75. The molecule has 0 fully saturated rings. The standard InChI is InChI=1S/C20H17N3OS2/c1-11-6-7-15(12(2)9-11)23-19(24)17-13(3)22-20(25)14(10-21)18(17)16-5-4-8-26-16/h4-9H,1-3H3,(H,22,25)(H,23,24)/p-1. The molecule has 6 heteroatoms. The predicted octanol–water partition coefficient (Wildman–Crippen LogP) is 4.71. The van der Waals surface area contributed by atoms with E-state index in [1.807, 2.05) is 49.6 Å². The molecule has 0 spiro atoms. The van der Waals surface area contributed by atoms with Crippen LogP contribution in [0.1, 0.15) is 27.9 Å². The molecule has 130 valence electrons. The van der Waals surface area contributed by atoms with E-state index in [9.17, 15) is 10.4 Å². The molecule has 4 nitrogen and oxygen atoms in total. The van der Waals surface area contributed by atoms with Crippen molar-refractivity contribution in [1.29, 1.82) is 5.26 Å². The summed E-state index contributed by atoms with van der Waals surface area (Å²) in [7, 11) is 0. The summed E-state index contributed by atoms with van der Waals surface area (Å²) in [5, 5.41) is 24.5. The van der Waals surface area contributed by atoms with Crippen molar-refractivity contribution in [3.8, 4) is 16.5 Å². The third-order valence-corrected chi connectivity index (χ3v) is 5.26. The van der Waals surface area contributed by atoms with Gasteiger partial charge in [-0.15, -0.1) is 11.3 Å². The van der Waals surface area contributed by atoms with Crippen LogP contribution in [0.15, 0.2) is 40.7 Å². The molecule has 0 aliphatic heterocycles. The SMILES string of the molecule is Cc1ccc(N=C([O-])c2c(C)[nH]c(=S)c(C#N)c2-c2cccs2)c(C)c1. The number of hydrogen-bond acceptors (Lipinski definition) is 5. The lowest BCUT2D eigenvalue weighted by molar-refractivity contribution is -0.212. The number of hydrogen-bond donors (Lipinski definition) is 1. The lowest BCUT2D eigenvalue weighted by atomic mass is 10.00. The fourth-order valence-electron chi connectivity index (χ4n) is 2.86. The largest absolute Gasteiger partial charge is 0.858 e. The first-order valence-corrected chi connectivity index (χ1v) is 9.25. The molecule has 1 aromatic carbocycles. The zero-order valence-corrected chi connectivity index (χ0v) is 16.2. The van der Waals surface area contributed by atoms with E-state index < -0.39 is 0 Å². The first-order valence-electron chi connectivity index (χ1n) is 7.96. The molecule has 3 aromatic rings. The Bertz CT molecular complexity index is 1100. The van der Waals surface area contributed by atoms with Gasteiger partial charge in [-0.1, -0.05) is 36.0 Å². The van der Waals surface area contributed by atoms with Crippen LogP contribution in [0.2, 0.25) is 0 Å². The lowest BCUT2D eigenvalue weighted by Crippen LogP contribution is -2.22. The summed E-state index contributed by atoms with van der Waals surface area (Å²) in [5.41, 5.74) is 4.51. The van der Waals surface area contributed by atoms with Crippen LogP contribution in [-0.2, 0) is 0 Å². The third kappa shape index (κ3) is 3.32. The van der Waals surface area contributed by atoms with Gasteiger partial charge in [0.15, 0.2) is 0 Å². The number of benzene rings is 1. The molecule has 0 saturated heterocycles. The summed E-state index contributed by atoms with van der Waals surface area (Å²) < 4.78 is 0.330. The molecule has 2 aromatic heterocycles. The quantitative estimate of drug-likeness (QED) is 0.407. The van der Waals surface area contributed by atoms with E-state index in [4.69, 9.17) is 12.2 Å². The maximum absolute atomic E-state index is 13.0. The van der Waals surface area contributed by atoms with Crippen LogP contribution in [0.25, 0.3) is 10.4 Å². The number of pyridine rings is 1. The van der Waals surface area contributed by atoms with Gasteiger partial charge >= 0.3 is 0 Å². The zero-order chi connectivity index (χ0) is 18.8. The van der Waals surface area contributed by atoms with Gasteiger partial charge < -0.3 is 10.1 Å². The minimum atomic E-state index is -0.388. The van der Waals surface area contributed by atoms with Gasteiger partial charge in [0.05, 0.1) is 11.3 Å². The number of H-pyrrole nitrogens is 1. The van der Waals surface area contributed by atoms with Crippen LogP contribution in [0.3, 0.4) is 0 Å². The number of nitrogens with one attached hydrogen (secondary N) is 1. The highest BCUT2D eigenvalue weighted by Gasteiger charge is 2.17. The van der Waals surface area contributed by atoms with Crippen LogP contribution >= 0.6 is 23.6 Å². The van der Waals surface area contributed by atoms with Crippen molar-refractivity contribution < 1.29 is 5.11 Å². The van der Waals surface area contributed by atoms with E-state index >= 15 is 0 Å². The third-order valence-electron chi connectivity index (χ3n) is 4.07. The second kappa shape index (κ2) is 7.24. The van der Waals surface area contributed by atoms with Crippen LogP contribution in [0.5, 0.6) is 0 Å². The molecular formula is C20H16N3OS2-. The Morgan fingerprint density at radius 3 is 2.65 bits per heavy atom. The number of nitrogens with zero attached hydrogens (tertiary/aromatic N) is 2. The van der Waals surface area contributed by atoms with Crippen molar-refractivity contribution in [3.63, 3.8) is 0 Å². The summed E-state index contributed by atoms with van der Waals surface area (Å²) in [4.78, 5) is 8.10. The van der Waals surface area contributed by atoms with Crippen molar-refractivity contribution in [2.45, 2.75) is 20.8 Å². The van der Waals surface area contributed by atoms with E-state index in [0.717, 1.165) is 16.0 Å². The molecule has 0 aliphatic carbocycles. The number of aromatic amines is 1. The molecular weight excluding hydrogens is 362 g/mol. The van der Waals surface area contributed by atoms with Crippen LogP contribution in [-0.4, -0.2) is 10.9 Å². The van der Waals surface area contributed by atoms with Gasteiger partial charge in [-0.25, -0.2) is 0 Å².